The second-order valence-corrected chi connectivity index (χ2v) is 25.8. The quantitative estimate of drug-likeness (QED) is 0.0222. The molecule has 3 N–H and O–H groups in total. The van der Waals surface area contributed by atoms with Crippen LogP contribution in [0.5, 0.6) is 0 Å². The molecule has 17 nitrogen and oxygen atoms in total. The average Bonchev–Trinajstić information content (AvgIpc) is 3.43. The molecule has 0 aromatic rings. The van der Waals surface area contributed by atoms with Gasteiger partial charge in [-0.2, -0.15) is 0 Å². The van der Waals surface area contributed by atoms with Gasteiger partial charge >= 0.3 is 39.5 Å². The lowest BCUT2D eigenvalue weighted by atomic mass is 10.0. The molecule has 0 aliphatic heterocycles. The lowest BCUT2D eigenvalue weighted by Crippen LogP contribution is -2.30. The zero-order valence-electron chi connectivity index (χ0n) is 51.9. The SMILES string of the molecule is CCCCCCCCCCCCCCCCC(=O)O[C@H](COC(=O)CCCCCCCCCCCCC(C)C)COP(=O)(O)OC[C@@H](O)COP(=O)(O)OC[C@@H](COC(=O)CCCCCCCCC)OC(=O)CCCCCCCCC. The molecule has 0 saturated heterocycles. The fourth-order valence-electron chi connectivity index (χ4n) is 9.23. The molecule has 0 aliphatic rings. The Hall–Kier alpha value is -1.94. The normalized spacial score (nSPS) is 14.3. The summed E-state index contributed by atoms with van der Waals surface area (Å²) in [6.07, 6.45) is 39.1. The first kappa shape index (κ1) is 79.1. The van der Waals surface area contributed by atoms with Gasteiger partial charge in [-0.1, -0.05) is 259 Å². The minimum atomic E-state index is -4.94. The first-order chi connectivity index (χ1) is 39.0. The summed E-state index contributed by atoms with van der Waals surface area (Å²) in [5.74, 6) is -1.38. The summed E-state index contributed by atoms with van der Waals surface area (Å²) >= 11 is 0. The molecule has 0 aromatic heterocycles. The van der Waals surface area contributed by atoms with Gasteiger partial charge in [0, 0.05) is 25.7 Å². The summed E-state index contributed by atoms with van der Waals surface area (Å²) in [5.41, 5.74) is 0. The molecule has 0 fully saturated rings. The van der Waals surface area contributed by atoms with Crippen molar-refractivity contribution in [3.63, 3.8) is 0 Å². The van der Waals surface area contributed by atoms with Crippen molar-refractivity contribution in [1.29, 1.82) is 0 Å². The van der Waals surface area contributed by atoms with Crippen molar-refractivity contribution >= 4 is 39.5 Å². The Morgan fingerprint density at radius 1 is 0.333 bits per heavy atom. The smallest absolute Gasteiger partial charge is 0.462 e. The van der Waals surface area contributed by atoms with Crippen LogP contribution in [0.3, 0.4) is 0 Å². The van der Waals surface area contributed by atoms with E-state index in [1.54, 1.807) is 0 Å². The monoisotopic (exact) mass is 1200 g/mol. The number of rotatable bonds is 62. The van der Waals surface area contributed by atoms with Crippen LogP contribution in [0.2, 0.25) is 0 Å². The van der Waals surface area contributed by atoms with Crippen molar-refractivity contribution in [2.24, 2.45) is 5.92 Å². The Bertz CT molecular complexity index is 1580. The van der Waals surface area contributed by atoms with Gasteiger partial charge in [0.15, 0.2) is 12.2 Å². The van der Waals surface area contributed by atoms with E-state index in [4.69, 9.17) is 37.0 Å². The highest BCUT2D eigenvalue weighted by Crippen LogP contribution is 2.45. The van der Waals surface area contributed by atoms with E-state index in [0.29, 0.717) is 25.7 Å². The van der Waals surface area contributed by atoms with Crippen molar-refractivity contribution < 1.29 is 80.2 Å². The van der Waals surface area contributed by atoms with Crippen LogP contribution in [-0.4, -0.2) is 96.7 Å². The first-order valence-electron chi connectivity index (χ1n) is 32.6. The second-order valence-electron chi connectivity index (χ2n) is 22.9. The van der Waals surface area contributed by atoms with Crippen molar-refractivity contribution in [3.8, 4) is 0 Å². The number of hydrogen-bond acceptors (Lipinski definition) is 15. The largest absolute Gasteiger partial charge is 0.472 e. The average molecular weight is 1200 g/mol. The maximum atomic E-state index is 13.0. The fourth-order valence-corrected chi connectivity index (χ4v) is 10.8. The van der Waals surface area contributed by atoms with Crippen molar-refractivity contribution in [3.05, 3.63) is 0 Å². The highest BCUT2D eigenvalue weighted by molar-refractivity contribution is 7.47. The molecule has 0 saturated carbocycles. The standard InChI is InChI=1S/C62H120O17P2/c1-6-9-12-15-18-19-20-21-22-23-28-33-38-43-48-62(67)79-58(52-73-60(65)46-41-36-32-27-25-24-26-31-34-39-44-55(4)5)54-77-81(70,71)75-50-56(63)49-74-80(68,69)76-53-57(78-61(66)47-42-37-30-17-14-11-8-3)51-72-59(64)45-40-35-29-16-13-10-7-2/h55-58,63H,6-54H2,1-5H3,(H,68,69)(H,70,71)/t56-,57+,58+/m0/s1. The predicted octanol–water partition coefficient (Wildman–Crippen LogP) is 17.0. The third kappa shape index (κ3) is 56.9. The Morgan fingerprint density at radius 2 is 0.568 bits per heavy atom. The molecule has 0 aliphatic carbocycles. The number of hydrogen-bond donors (Lipinski definition) is 3. The summed E-state index contributed by atoms with van der Waals surface area (Å²) < 4.78 is 67.7. The highest BCUT2D eigenvalue weighted by Gasteiger charge is 2.30. The molecule has 0 heterocycles. The third-order valence-electron chi connectivity index (χ3n) is 14.3. The van der Waals surface area contributed by atoms with E-state index >= 15 is 0 Å². The molecule has 0 spiro atoms. The molecule has 19 heteroatoms. The maximum Gasteiger partial charge on any atom is 0.472 e. The lowest BCUT2D eigenvalue weighted by molar-refractivity contribution is -0.161. The summed E-state index contributed by atoms with van der Waals surface area (Å²) in [7, 11) is -9.87. The summed E-state index contributed by atoms with van der Waals surface area (Å²) in [5, 5.41) is 10.5. The van der Waals surface area contributed by atoms with Crippen LogP contribution in [0.4, 0.5) is 0 Å². The Kier molecular flexibility index (Phi) is 54.6. The van der Waals surface area contributed by atoms with Crippen LogP contribution in [0, 0.1) is 5.92 Å². The second kappa shape index (κ2) is 55.9. The number of phosphoric acid groups is 2. The molecule has 0 rings (SSSR count). The molecule has 5 atom stereocenters. The summed E-state index contributed by atoms with van der Waals surface area (Å²) in [6, 6.07) is 0. The molecule has 0 bridgehead atoms. The van der Waals surface area contributed by atoms with Crippen LogP contribution in [-0.2, 0) is 65.4 Å². The summed E-state index contributed by atoms with van der Waals surface area (Å²) in [4.78, 5) is 71.9. The van der Waals surface area contributed by atoms with Crippen LogP contribution in [0.15, 0.2) is 0 Å². The van der Waals surface area contributed by atoms with E-state index in [1.807, 2.05) is 0 Å². The van der Waals surface area contributed by atoms with E-state index < -0.39 is 97.5 Å². The number of phosphoric ester groups is 2. The highest BCUT2D eigenvalue weighted by atomic mass is 31.2. The maximum absolute atomic E-state index is 13.0. The lowest BCUT2D eigenvalue weighted by Gasteiger charge is -2.21. The number of ether oxygens (including phenoxy) is 4. The van der Waals surface area contributed by atoms with Gasteiger partial charge in [0.1, 0.15) is 19.3 Å². The minimum Gasteiger partial charge on any atom is -0.462 e. The molecule has 0 radical (unpaired) electrons. The third-order valence-corrected chi connectivity index (χ3v) is 16.2. The van der Waals surface area contributed by atoms with E-state index in [0.717, 1.165) is 121 Å². The van der Waals surface area contributed by atoms with Gasteiger partial charge in [0.25, 0.3) is 0 Å². The molecule has 0 amide bonds. The molecule has 480 valence electrons. The van der Waals surface area contributed by atoms with Crippen LogP contribution in [0.25, 0.3) is 0 Å². The van der Waals surface area contributed by atoms with Crippen LogP contribution < -0.4 is 0 Å². The number of carbonyl (C=O) groups is 4. The number of esters is 4. The van der Waals surface area contributed by atoms with Gasteiger partial charge in [-0.3, -0.25) is 37.3 Å². The number of aliphatic hydroxyl groups excluding tert-OH is 1. The van der Waals surface area contributed by atoms with Crippen molar-refractivity contribution in [2.75, 3.05) is 39.6 Å². The Labute approximate surface area is 492 Å². The summed E-state index contributed by atoms with van der Waals surface area (Å²) in [6.45, 7) is 7.10. The van der Waals surface area contributed by atoms with E-state index in [1.165, 1.54) is 109 Å². The predicted molar refractivity (Wildman–Crippen MR) is 322 cm³/mol. The van der Waals surface area contributed by atoms with E-state index in [9.17, 15) is 43.2 Å². The minimum absolute atomic E-state index is 0.103. The molecule has 81 heavy (non-hydrogen) atoms. The zero-order valence-corrected chi connectivity index (χ0v) is 53.7. The Morgan fingerprint density at radius 3 is 0.840 bits per heavy atom. The van der Waals surface area contributed by atoms with E-state index in [-0.39, 0.29) is 25.7 Å². The topological polar surface area (TPSA) is 237 Å². The van der Waals surface area contributed by atoms with Gasteiger partial charge in [-0.25, -0.2) is 9.13 Å². The van der Waals surface area contributed by atoms with Gasteiger partial charge in [-0.05, 0) is 31.6 Å². The number of carbonyl (C=O) groups excluding carboxylic acids is 4. The fraction of sp³-hybridized carbons (Fsp3) is 0.935. The van der Waals surface area contributed by atoms with Crippen molar-refractivity contribution in [1.82, 2.24) is 0 Å². The van der Waals surface area contributed by atoms with Gasteiger partial charge in [-0.15, -0.1) is 0 Å². The van der Waals surface area contributed by atoms with Crippen molar-refractivity contribution in [2.45, 2.75) is 329 Å². The van der Waals surface area contributed by atoms with Crippen LogP contribution >= 0.6 is 15.6 Å². The van der Waals surface area contributed by atoms with Gasteiger partial charge in [0.2, 0.25) is 0 Å². The number of aliphatic hydroxyl groups is 1. The number of unbranched alkanes of at least 4 members (excludes halogenated alkanes) is 34. The van der Waals surface area contributed by atoms with Crippen LogP contribution in [0.1, 0.15) is 311 Å². The zero-order chi connectivity index (χ0) is 59.9. The molecule has 2 unspecified atom stereocenters. The van der Waals surface area contributed by atoms with E-state index in [2.05, 4.69) is 34.6 Å². The molecular weight excluding hydrogens is 1080 g/mol. The molecule has 0 aromatic carbocycles. The Balaban J connectivity index is 5.18. The molecular formula is C62H120O17P2. The van der Waals surface area contributed by atoms with Gasteiger partial charge in [0.05, 0.1) is 26.4 Å². The first-order valence-corrected chi connectivity index (χ1v) is 35.6. The van der Waals surface area contributed by atoms with Gasteiger partial charge < -0.3 is 33.8 Å².